The van der Waals surface area contributed by atoms with Gasteiger partial charge in [0.15, 0.2) is 0 Å². The summed E-state index contributed by atoms with van der Waals surface area (Å²) in [5.41, 5.74) is 7.18. The van der Waals surface area contributed by atoms with E-state index in [1.165, 1.54) is 0 Å². The van der Waals surface area contributed by atoms with E-state index in [0.717, 1.165) is 5.56 Å². The molecule has 2 rings (SSSR count). The topological polar surface area (TPSA) is 84.2 Å². The number of carbonyl (C=O) groups is 2. The first-order valence-corrected chi connectivity index (χ1v) is 4.35. The van der Waals surface area contributed by atoms with Gasteiger partial charge in [-0.3, -0.25) is 10.1 Å². The molecule has 5 heteroatoms. The number of benzene rings is 1. The molecule has 0 aliphatic carbocycles. The zero-order valence-corrected chi connectivity index (χ0v) is 7.78. The Labute approximate surface area is 86.0 Å². The van der Waals surface area contributed by atoms with Gasteiger partial charge in [0.2, 0.25) is 0 Å². The SMILES string of the molecule is Nc1cccc(/C=C2/NC(=O)NC2=O)c1. The lowest BCUT2D eigenvalue weighted by Crippen LogP contribution is -2.22. The van der Waals surface area contributed by atoms with Gasteiger partial charge in [0, 0.05) is 5.69 Å². The molecule has 0 aromatic heterocycles. The lowest BCUT2D eigenvalue weighted by Gasteiger charge is -1.97. The second-order valence-corrected chi connectivity index (χ2v) is 3.14. The van der Waals surface area contributed by atoms with Crippen LogP contribution in [0.1, 0.15) is 5.56 Å². The van der Waals surface area contributed by atoms with Crippen LogP contribution < -0.4 is 16.4 Å². The maximum absolute atomic E-state index is 11.2. The highest BCUT2D eigenvalue weighted by Crippen LogP contribution is 2.11. The summed E-state index contributed by atoms with van der Waals surface area (Å²) in [6.45, 7) is 0. The molecule has 1 saturated heterocycles. The summed E-state index contributed by atoms with van der Waals surface area (Å²) in [4.78, 5) is 22.0. The van der Waals surface area contributed by atoms with Gasteiger partial charge in [0.1, 0.15) is 5.70 Å². The Hall–Kier alpha value is -2.30. The van der Waals surface area contributed by atoms with Gasteiger partial charge in [-0.2, -0.15) is 0 Å². The summed E-state index contributed by atoms with van der Waals surface area (Å²) in [6, 6.07) is 6.52. The summed E-state index contributed by atoms with van der Waals surface area (Å²) in [6.07, 6.45) is 1.57. The minimum absolute atomic E-state index is 0.227. The Morgan fingerprint density at radius 3 is 2.60 bits per heavy atom. The summed E-state index contributed by atoms with van der Waals surface area (Å²) >= 11 is 0. The molecule has 1 aromatic carbocycles. The summed E-state index contributed by atoms with van der Waals surface area (Å²) < 4.78 is 0. The number of rotatable bonds is 1. The molecule has 4 N–H and O–H groups in total. The van der Waals surface area contributed by atoms with Crippen LogP contribution in [0, 0.1) is 0 Å². The van der Waals surface area contributed by atoms with Crippen molar-refractivity contribution in [2.75, 3.05) is 5.73 Å². The Bertz CT molecular complexity index is 465. The molecule has 76 valence electrons. The first kappa shape index (κ1) is 9.26. The van der Waals surface area contributed by atoms with E-state index in [1.807, 2.05) is 0 Å². The van der Waals surface area contributed by atoms with Crippen molar-refractivity contribution in [3.8, 4) is 0 Å². The third-order valence-electron chi connectivity index (χ3n) is 1.94. The molecule has 0 radical (unpaired) electrons. The number of carbonyl (C=O) groups excluding carboxylic acids is 2. The van der Waals surface area contributed by atoms with E-state index >= 15 is 0 Å². The van der Waals surface area contributed by atoms with E-state index in [0.29, 0.717) is 5.69 Å². The number of urea groups is 1. The molecule has 1 aliphatic rings. The standard InChI is InChI=1S/C10H9N3O2/c11-7-3-1-2-6(4-7)5-8-9(14)13-10(15)12-8/h1-5H,11H2,(H2,12,13,14,15)/b8-5+. The average molecular weight is 203 g/mol. The Kier molecular flexibility index (Phi) is 2.13. The van der Waals surface area contributed by atoms with Crippen LogP contribution in [0.5, 0.6) is 0 Å². The van der Waals surface area contributed by atoms with Gasteiger partial charge >= 0.3 is 6.03 Å². The van der Waals surface area contributed by atoms with Crippen molar-refractivity contribution in [3.05, 3.63) is 35.5 Å². The van der Waals surface area contributed by atoms with Crippen LogP contribution in [-0.2, 0) is 4.79 Å². The Morgan fingerprint density at radius 1 is 1.20 bits per heavy atom. The molecule has 5 nitrogen and oxygen atoms in total. The van der Waals surface area contributed by atoms with Crippen molar-refractivity contribution in [2.45, 2.75) is 0 Å². The zero-order valence-electron chi connectivity index (χ0n) is 7.78. The molecule has 1 aromatic rings. The van der Waals surface area contributed by atoms with Gasteiger partial charge in [-0.1, -0.05) is 12.1 Å². The maximum atomic E-state index is 11.2. The Morgan fingerprint density at radius 2 is 2.00 bits per heavy atom. The lowest BCUT2D eigenvalue weighted by atomic mass is 10.1. The largest absolute Gasteiger partial charge is 0.399 e. The normalized spacial score (nSPS) is 17.7. The third-order valence-corrected chi connectivity index (χ3v) is 1.94. The molecular weight excluding hydrogens is 194 g/mol. The molecule has 0 spiro atoms. The number of nitrogens with two attached hydrogens (primary N) is 1. The predicted octanol–water partition coefficient (Wildman–Crippen LogP) is 0.449. The first-order chi connectivity index (χ1) is 7.15. The zero-order chi connectivity index (χ0) is 10.8. The number of imide groups is 1. The molecule has 0 saturated carbocycles. The van der Waals surface area contributed by atoms with Crippen molar-refractivity contribution in [1.29, 1.82) is 0 Å². The Balaban J connectivity index is 2.31. The van der Waals surface area contributed by atoms with Crippen molar-refractivity contribution in [1.82, 2.24) is 10.6 Å². The molecule has 15 heavy (non-hydrogen) atoms. The summed E-state index contributed by atoms with van der Waals surface area (Å²) in [5.74, 6) is -0.428. The first-order valence-electron chi connectivity index (χ1n) is 4.35. The highest BCUT2D eigenvalue weighted by molar-refractivity contribution is 6.13. The van der Waals surface area contributed by atoms with Gasteiger partial charge in [-0.05, 0) is 23.8 Å². The van der Waals surface area contributed by atoms with Crippen LogP contribution in [-0.4, -0.2) is 11.9 Å². The van der Waals surface area contributed by atoms with Crippen LogP contribution in [0.4, 0.5) is 10.5 Å². The molecular formula is C10H9N3O2. The lowest BCUT2D eigenvalue weighted by molar-refractivity contribution is -0.115. The second kappa shape index (κ2) is 3.45. The van der Waals surface area contributed by atoms with Crippen LogP contribution >= 0.6 is 0 Å². The van der Waals surface area contributed by atoms with Gasteiger partial charge in [-0.15, -0.1) is 0 Å². The van der Waals surface area contributed by atoms with Gasteiger partial charge in [-0.25, -0.2) is 4.79 Å². The molecule has 0 unspecified atom stereocenters. The molecule has 3 amide bonds. The third kappa shape index (κ3) is 1.96. The fraction of sp³-hybridized carbons (Fsp3) is 0. The predicted molar refractivity (Wildman–Crippen MR) is 55.5 cm³/mol. The quantitative estimate of drug-likeness (QED) is 0.352. The van der Waals surface area contributed by atoms with E-state index < -0.39 is 11.9 Å². The monoisotopic (exact) mass is 203 g/mol. The summed E-state index contributed by atoms with van der Waals surface area (Å²) in [5, 5.41) is 4.51. The van der Waals surface area contributed by atoms with Crippen LogP contribution in [0.2, 0.25) is 0 Å². The minimum Gasteiger partial charge on any atom is -0.399 e. The van der Waals surface area contributed by atoms with Crippen LogP contribution in [0.25, 0.3) is 6.08 Å². The van der Waals surface area contributed by atoms with E-state index in [1.54, 1.807) is 30.3 Å². The fourth-order valence-electron chi connectivity index (χ4n) is 1.30. The van der Waals surface area contributed by atoms with Gasteiger partial charge in [0.05, 0.1) is 0 Å². The number of hydrogen-bond acceptors (Lipinski definition) is 3. The molecule has 0 atom stereocenters. The summed E-state index contributed by atoms with van der Waals surface area (Å²) in [7, 11) is 0. The maximum Gasteiger partial charge on any atom is 0.326 e. The van der Waals surface area contributed by atoms with Crippen molar-refractivity contribution < 1.29 is 9.59 Å². The molecule has 1 fully saturated rings. The average Bonchev–Trinajstić information content (AvgIpc) is 2.45. The minimum atomic E-state index is -0.504. The van der Waals surface area contributed by atoms with Gasteiger partial charge in [0.25, 0.3) is 5.91 Å². The van der Waals surface area contributed by atoms with E-state index in [2.05, 4.69) is 10.6 Å². The van der Waals surface area contributed by atoms with E-state index in [-0.39, 0.29) is 5.70 Å². The second-order valence-electron chi connectivity index (χ2n) is 3.14. The number of nitrogen functional groups attached to an aromatic ring is 1. The highest BCUT2D eigenvalue weighted by Gasteiger charge is 2.22. The molecule has 1 aliphatic heterocycles. The smallest absolute Gasteiger partial charge is 0.326 e. The number of amides is 3. The fourth-order valence-corrected chi connectivity index (χ4v) is 1.30. The van der Waals surface area contributed by atoms with Crippen molar-refractivity contribution in [3.63, 3.8) is 0 Å². The molecule has 0 bridgehead atoms. The van der Waals surface area contributed by atoms with Crippen molar-refractivity contribution in [2.24, 2.45) is 0 Å². The molecule has 1 heterocycles. The number of hydrogen-bond donors (Lipinski definition) is 3. The number of nitrogens with one attached hydrogen (secondary N) is 2. The van der Waals surface area contributed by atoms with Crippen LogP contribution in [0.3, 0.4) is 0 Å². The van der Waals surface area contributed by atoms with Crippen LogP contribution in [0.15, 0.2) is 30.0 Å². The van der Waals surface area contributed by atoms with Gasteiger partial charge < -0.3 is 11.1 Å². The van der Waals surface area contributed by atoms with E-state index in [9.17, 15) is 9.59 Å². The highest BCUT2D eigenvalue weighted by atomic mass is 16.2. The van der Waals surface area contributed by atoms with Crippen molar-refractivity contribution >= 4 is 23.7 Å². The number of anilines is 1. The van der Waals surface area contributed by atoms with E-state index in [4.69, 9.17) is 5.73 Å².